The molecule has 8 heteroatoms. The van der Waals surface area contributed by atoms with Crippen molar-refractivity contribution in [2.45, 2.75) is 13.3 Å². The second kappa shape index (κ2) is 7.45. The molecule has 1 N–H and O–H groups in total. The number of aryl methyl sites for hydroxylation is 1. The zero-order valence-electron chi connectivity index (χ0n) is 15.0. The summed E-state index contributed by atoms with van der Waals surface area (Å²) in [5, 5.41) is 13.6. The monoisotopic (exact) mass is 369 g/mol. The van der Waals surface area contributed by atoms with Gasteiger partial charge in [-0.3, -0.25) is 19.7 Å². The van der Waals surface area contributed by atoms with Gasteiger partial charge in [0, 0.05) is 36.5 Å². The standard InChI is InChI=1S/C19H19N3O5/c1-12-9-15(22(25)26)5-8-17(12)20-19(24)13-10-18(23)21(11-13)14-3-6-16(27-2)7-4-14/h3-9,13H,10-11H2,1-2H3,(H,20,24). The van der Waals surface area contributed by atoms with Gasteiger partial charge in [0.05, 0.1) is 18.0 Å². The second-order valence-electron chi connectivity index (χ2n) is 6.35. The Morgan fingerprint density at radius 3 is 2.56 bits per heavy atom. The highest BCUT2D eigenvalue weighted by Gasteiger charge is 2.35. The second-order valence-corrected chi connectivity index (χ2v) is 6.35. The Kier molecular flexibility index (Phi) is 5.07. The number of nitro groups is 1. The number of non-ortho nitro benzene ring substituents is 1. The number of hydrogen-bond acceptors (Lipinski definition) is 5. The van der Waals surface area contributed by atoms with Crippen LogP contribution in [0.5, 0.6) is 5.75 Å². The molecule has 1 aliphatic heterocycles. The molecule has 1 unspecified atom stereocenters. The van der Waals surface area contributed by atoms with Gasteiger partial charge >= 0.3 is 0 Å². The van der Waals surface area contributed by atoms with Gasteiger partial charge in [-0.2, -0.15) is 0 Å². The van der Waals surface area contributed by atoms with Crippen LogP contribution in [0.2, 0.25) is 0 Å². The fourth-order valence-corrected chi connectivity index (χ4v) is 3.03. The Bertz CT molecular complexity index is 895. The average molecular weight is 369 g/mol. The number of benzene rings is 2. The minimum atomic E-state index is -0.491. The number of nitrogens with one attached hydrogen (secondary N) is 1. The fraction of sp³-hybridized carbons (Fsp3) is 0.263. The molecule has 2 aromatic rings. The molecule has 1 aliphatic rings. The zero-order chi connectivity index (χ0) is 19.6. The quantitative estimate of drug-likeness (QED) is 0.645. The van der Waals surface area contributed by atoms with E-state index in [9.17, 15) is 19.7 Å². The molecular weight excluding hydrogens is 350 g/mol. The Hall–Kier alpha value is -3.42. The van der Waals surface area contributed by atoms with E-state index in [1.807, 2.05) is 0 Å². The maximum atomic E-state index is 12.6. The highest BCUT2D eigenvalue weighted by Crippen LogP contribution is 2.28. The molecule has 8 nitrogen and oxygen atoms in total. The SMILES string of the molecule is COc1ccc(N2CC(C(=O)Nc3ccc([N+](=O)[O-])cc3C)CC2=O)cc1. The van der Waals surface area contributed by atoms with E-state index in [1.165, 1.54) is 18.2 Å². The molecule has 0 saturated carbocycles. The topological polar surface area (TPSA) is 102 Å². The number of methoxy groups -OCH3 is 1. The first-order valence-electron chi connectivity index (χ1n) is 8.39. The summed E-state index contributed by atoms with van der Waals surface area (Å²) in [6.07, 6.45) is 0.115. The molecule has 0 radical (unpaired) electrons. The van der Waals surface area contributed by atoms with E-state index in [0.29, 0.717) is 22.7 Å². The van der Waals surface area contributed by atoms with E-state index in [1.54, 1.807) is 43.2 Å². The number of anilines is 2. The highest BCUT2D eigenvalue weighted by molar-refractivity contribution is 6.03. The Labute approximate surface area is 155 Å². The molecule has 3 rings (SSSR count). The van der Waals surface area contributed by atoms with Gasteiger partial charge in [0.25, 0.3) is 5.69 Å². The molecule has 27 heavy (non-hydrogen) atoms. The first kappa shape index (κ1) is 18.4. The number of ether oxygens (including phenoxy) is 1. The molecular formula is C19H19N3O5. The van der Waals surface area contributed by atoms with Gasteiger partial charge in [-0.15, -0.1) is 0 Å². The van der Waals surface area contributed by atoms with Crippen molar-refractivity contribution in [2.24, 2.45) is 5.92 Å². The number of nitro benzene ring substituents is 1. The largest absolute Gasteiger partial charge is 0.497 e. The lowest BCUT2D eigenvalue weighted by Crippen LogP contribution is -2.28. The lowest BCUT2D eigenvalue weighted by molar-refractivity contribution is -0.384. The Balaban J connectivity index is 1.69. The van der Waals surface area contributed by atoms with Crippen molar-refractivity contribution in [3.05, 3.63) is 58.1 Å². The minimum absolute atomic E-state index is 0.0350. The van der Waals surface area contributed by atoms with Crippen LogP contribution in [0, 0.1) is 23.0 Å². The fourth-order valence-electron chi connectivity index (χ4n) is 3.03. The molecule has 1 heterocycles. The van der Waals surface area contributed by atoms with E-state index >= 15 is 0 Å². The van der Waals surface area contributed by atoms with Gasteiger partial charge in [0.15, 0.2) is 0 Å². The number of amides is 2. The highest BCUT2D eigenvalue weighted by atomic mass is 16.6. The molecule has 2 amide bonds. The molecule has 0 bridgehead atoms. The van der Waals surface area contributed by atoms with Crippen LogP contribution in [0.4, 0.5) is 17.1 Å². The van der Waals surface area contributed by atoms with Crippen LogP contribution >= 0.6 is 0 Å². The van der Waals surface area contributed by atoms with Crippen molar-refractivity contribution in [1.29, 1.82) is 0 Å². The third-order valence-corrected chi connectivity index (χ3v) is 4.56. The maximum absolute atomic E-state index is 12.6. The number of carbonyl (C=O) groups is 2. The van der Waals surface area contributed by atoms with E-state index in [4.69, 9.17) is 4.74 Å². The molecule has 1 saturated heterocycles. The van der Waals surface area contributed by atoms with Gasteiger partial charge in [-0.05, 0) is 42.8 Å². The van der Waals surface area contributed by atoms with Gasteiger partial charge in [-0.1, -0.05) is 0 Å². The third-order valence-electron chi connectivity index (χ3n) is 4.56. The Morgan fingerprint density at radius 2 is 1.96 bits per heavy atom. The molecule has 0 spiro atoms. The van der Waals surface area contributed by atoms with E-state index in [2.05, 4.69) is 5.32 Å². The molecule has 2 aromatic carbocycles. The molecule has 0 aromatic heterocycles. The summed E-state index contributed by atoms with van der Waals surface area (Å²) >= 11 is 0. The first-order chi connectivity index (χ1) is 12.9. The number of nitrogens with zero attached hydrogens (tertiary/aromatic N) is 2. The minimum Gasteiger partial charge on any atom is -0.497 e. The van der Waals surface area contributed by atoms with Gasteiger partial charge in [0.2, 0.25) is 11.8 Å². The summed E-state index contributed by atoms with van der Waals surface area (Å²) in [5.41, 5.74) is 1.77. The average Bonchev–Trinajstić information content (AvgIpc) is 3.05. The van der Waals surface area contributed by atoms with E-state index in [-0.39, 0.29) is 30.5 Å². The van der Waals surface area contributed by atoms with Crippen molar-refractivity contribution >= 4 is 28.9 Å². The number of carbonyl (C=O) groups excluding carboxylic acids is 2. The normalized spacial score (nSPS) is 16.3. The predicted octanol–water partition coefficient (Wildman–Crippen LogP) is 2.90. The van der Waals surface area contributed by atoms with Crippen molar-refractivity contribution in [3.8, 4) is 5.75 Å². The molecule has 140 valence electrons. The predicted molar refractivity (Wildman–Crippen MR) is 99.9 cm³/mol. The summed E-state index contributed by atoms with van der Waals surface area (Å²) in [4.78, 5) is 36.8. The van der Waals surface area contributed by atoms with Crippen molar-refractivity contribution in [1.82, 2.24) is 0 Å². The smallest absolute Gasteiger partial charge is 0.269 e. The number of rotatable bonds is 5. The Morgan fingerprint density at radius 1 is 1.26 bits per heavy atom. The maximum Gasteiger partial charge on any atom is 0.269 e. The van der Waals surface area contributed by atoms with Crippen molar-refractivity contribution in [3.63, 3.8) is 0 Å². The molecule has 0 aliphatic carbocycles. The van der Waals surface area contributed by atoms with Crippen LogP contribution < -0.4 is 15.0 Å². The summed E-state index contributed by atoms with van der Waals surface area (Å²) < 4.78 is 5.11. The van der Waals surface area contributed by atoms with Crippen LogP contribution in [0.1, 0.15) is 12.0 Å². The summed E-state index contributed by atoms with van der Waals surface area (Å²) in [6.45, 7) is 1.97. The lowest BCUT2D eigenvalue weighted by atomic mass is 10.1. The third kappa shape index (κ3) is 3.89. The van der Waals surface area contributed by atoms with Gasteiger partial charge < -0.3 is 15.0 Å². The van der Waals surface area contributed by atoms with Crippen LogP contribution in [-0.2, 0) is 9.59 Å². The van der Waals surface area contributed by atoms with E-state index in [0.717, 1.165) is 0 Å². The van der Waals surface area contributed by atoms with Crippen LogP contribution in [-0.4, -0.2) is 30.4 Å². The van der Waals surface area contributed by atoms with Crippen LogP contribution in [0.3, 0.4) is 0 Å². The number of hydrogen-bond donors (Lipinski definition) is 1. The van der Waals surface area contributed by atoms with Crippen molar-refractivity contribution in [2.75, 3.05) is 23.9 Å². The van der Waals surface area contributed by atoms with Gasteiger partial charge in [0.1, 0.15) is 5.75 Å². The summed E-state index contributed by atoms with van der Waals surface area (Å²) in [7, 11) is 1.57. The zero-order valence-corrected chi connectivity index (χ0v) is 15.0. The van der Waals surface area contributed by atoms with E-state index < -0.39 is 10.8 Å². The summed E-state index contributed by atoms with van der Waals surface area (Å²) in [6, 6.07) is 11.3. The summed E-state index contributed by atoms with van der Waals surface area (Å²) in [5.74, 6) is -0.209. The molecule has 1 fully saturated rings. The van der Waals surface area contributed by atoms with Crippen molar-refractivity contribution < 1.29 is 19.2 Å². The first-order valence-corrected chi connectivity index (χ1v) is 8.39. The van der Waals surface area contributed by atoms with Crippen LogP contribution in [0.25, 0.3) is 0 Å². The van der Waals surface area contributed by atoms with Crippen LogP contribution in [0.15, 0.2) is 42.5 Å². The molecule has 1 atom stereocenters. The van der Waals surface area contributed by atoms with Gasteiger partial charge in [-0.25, -0.2) is 0 Å². The lowest BCUT2D eigenvalue weighted by Gasteiger charge is -2.17.